The maximum Gasteiger partial charge on any atom is 0.319 e. The number of aromatic amines is 1. The summed E-state index contributed by atoms with van der Waals surface area (Å²) in [6.45, 7) is 6.98. The van der Waals surface area contributed by atoms with Crippen LogP contribution in [0.5, 0.6) is 17.6 Å². The van der Waals surface area contributed by atoms with E-state index < -0.39 is 5.82 Å². The van der Waals surface area contributed by atoms with Gasteiger partial charge in [0.15, 0.2) is 5.75 Å². The predicted octanol–water partition coefficient (Wildman–Crippen LogP) is 3.03. The summed E-state index contributed by atoms with van der Waals surface area (Å²) in [6, 6.07) is 3.16. The number of hydrogen-bond donors (Lipinski definition) is 1. The highest BCUT2D eigenvalue weighted by Gasteiger charge is 2.34. The van der Waals surface area contributed by atoms with Gasteiger partial charge >= 0.3 is 6.01 Å². The summed E-state index contributed by atoms with van der Waals surface area (Å²) in [6.07, 6.45) is 3.91. The third-order valence-electron chi connectivity index (χ3n) is 7.36. The molecule has 2 aliphatic heterocycles. The van der Waals surface area contributed by atoms with Gasteiger partial charge < -0.3 is 24.0 Å². The number of fused-ring (bicyclic) bond motifs is 2. The number of methoxy groups -OCH3 is 1. The van der Waals surface area contributed by atoms with E-state index in [2.05, 4.69) is 31.6 Å². The molecule has 0 saturated carbocycles. The molecular formula is C27H28ClFN8O4. The highest BCUT2D eigenvalue weighted by atomic mass is 35.5. The molecule has 1 aromatic carbocycles. The lowest BCUT2D eigenvalue weighted by atomic mass is 10.2. The second kappa shape index (κ2) is 11.1. The molecular weight excluding hydrogens is 555 g/mol. The van der Waals surface area contributed by atoms with Crippen LogP contribution in [-0.4, -0.2) is 106 Å². The summed E-state index contributed by atoms with van der Waals surface area (Å²) in [5.41, 5.74) is 0.777. The molecule has 12 nitrogen and oxygen atoms in total. The van der Waals surface area contributed by atoms with Crippen molar-refractivity contribution in [3.05, 3.63) is 48.0 Å². The average Bonchev–Trinajstić information content (AvgIpc) is 3.60. The monoisotopic (exact) mass is 582 g/mol. The van der Waals surface area contributed by atoms with Crippen molar-refractivity contribution >= 4 is 45.1 Å². The maximum absolute atomic E-state index is 14.6. The number of carbonyl (C=O) groups excluding carboxylic acids is 1. The summed E-state index contributed by atoms with van der Waals surface area (Å²) in [4.78, 5) is 32.0. The normalized spacial score (nSPS) is 19.7. The molecule has 2 saturated heterocycles. The summed E-state index contributed by atoms with van der Waals surface area (Å²) in [7, 11) is 3.63. The van der Waals surface area contributed by atoms with E-state index in [1.54, 1.807) is 24.3 Å². The Morgan fingerprint density at radius 1 is 1.20 bits per heavy atom. The zero-order valence-electron chi connectivity index (χ0n) is 22.5. The minimum Gasteiger partial charge on any atom is -0.456 e. The van der Waals surface area contributed by atoms with E-state index in [-0.39, 0.29) is 40.8 Å². The van der Waals surface area contributed by atoms with Gasteiger partial charge in [-0.2, -0.15) is 15.1 Å². The number of halogens is 2. The second-order valence-electron chi connectivity index (χ2n) is 9.94. The van der Waals surface area contributed by atoms with E-state index in [9.17, 15) is 9.18 Å². The van der Waals surface area contributed by atoms with Gasteiger partial charge in [-0.05, 0) is 19.2 Å². The van der Waals surface area contributed by atoms with Gasteiger partial charge in [0, 0.05) is 58.6 Å². The number of likely N-dealkylation sites (N-methyl/N-ethyl adjacent to an activating group) is 1. The number of nitrogens with one attached hydrogen (secondary N) is 1. The fourth-order valence-corrected chi connectivity index (χ4v) is 5.43. The number of anilines is 1. The molecule has 0 radical (unpaired) electrons. The van der Waals surface area contributed by atoms with Gasteiger partial charge in [-0.15, -0.1) is 0 Å². The number of piperazine rings is 1. The Morgan fingerprint density at radius 3 is 2.73 bits per heavy atom. The number of amides is 1. The highest BCUT2D eigenvalue weighted by molar-refractivity contribution is 6.33. The number of H-pyrrole nitrogens is 1. The van der Waals surface area contributed by atoms with Gasteiger partial charge in [-0.1, -0.05) is 18.2 Å². The highest BCUT2D eigenvalue weighted by Crippen LogP contribution is 2.40. The Kier molecular flexibility index (Phi) is 7.32. The largest absolute Gasteiger partial charge is 0.456 e. The van der Waals surface area contributed by atoms with Crippen LogP contribution in [0.1, 0.15) is 0 Å². The molecule has 0 bridgehead atoms. The van der Waals surface area contributed by atoms with Gasteiger partial charge in [0.1, 0.15) is 34.4 Å². The number of hydrogen-bond acceptors (Lipinski definition) is 10. The lowest BCUT2D eigenvalue weighted by molar-refractivity contribution is -0.126. The molecule has 0 spiro atoms. The van der Waals surface area contributed by atoms with Crippen molar-refractivity contribution in [3.63, 3.8) is 0 Å². The molecule has 5 heterocycles. The molecule has 3 aromatic heterocycles. The Morgan fingerprint density at radius 2 is 1.98 bits per heavy atom. The van der Waals surface area contributed by atoms with Crippen molar-refractivity contribution in [3.8, 4) is 17.6 Å². The van der Waals surface area contributed by atoms with Crippen molar-refractivity contribution in [2.24, 2.45) is 0 Å². The summed E-state index contributed by atoms with van der Waals surface area (Å²) < 4.78 is 32.7. The maximum atomic E-state index is 14.6. The number of carbonyl (C=O) groups is 1. The predicted molar refractivity (Wildman–Crippen MR) is 150 cm³/mol. The molecule has 14 heteroatoms. The first kappa shape index (κ1) is 27.1. The molecule has 2 fully saturated rings. The third-order valence-corrected chi connectivity index (χ3v) is 7.71. The Hall–Kier alpha value is -4.07. The number of rotatable bonds is 7. The molecule has 1 unspecified atom stereocenters. The molecule has 214 valence electrons. The molecule has 1 N–H and O–H groups in total. The second-order valence-corrected chi connectivity index (χ2v) is 10.3. The topological polar surface area (TPSA) is 122 Å². The van der Waals surface area contributed by atoms with Crippen LogP contribution in [0.15, 0.2) is 37.2 Å². The smallest absolute Gasteiger partial charge is 0.319 e. The minimum atomic E-state index is -0.666. The van der Waals surface area contributed by atoms with Crippen molar-refractivity contribution in [1.82, 2.24) is 34.9 Å². The standard InChI is InChI=1S/C27H28ClFN8O4/c1-4-21(38)36-7-9-37(10-8-36)25-15-5-6-30-26(41-24-16-12-31-34-18(16)11-17(29)22(24)28)23(15)32-27(33-25)40-20-14-35(2)13-19(20)39-3/h4-6,11-12,19-20H,1,7-10,13-14H2,2-3H3,(H,31,34)/t19-,20?/m1/s1. The van der Waals surface area contributed by atoms with Gasteiger partial charge in [0.2, 0.25) is 11.8 Å². The van der Waals surface area contributed by atoms with Crippen LogP contribution in [0.2, 0.25) is 5.02 Å². The summed E-state index contributed by atoms with van der Waals surface area (Å²) in [5.74, 6) is -0.0256. The van der Waals surface area contributed by atoms with Crippen LogP contribution >= 0.6 is 11.6 Å². The SMILES string of the molecule is C=CC(=O)N1CCN(c2nc(OC3CN(C)C[C@H]3OC)nc3c(Oc4c(Cl)c(F)cc5[nH]ncc45)nccc23)CC1. The van der Waals surface area contributed by atoms with E-state index in [0.717, 1.165) is 0 Å². The number of pyridine rings is 1. The van der Waals surface area contributed by atoms with E-state index in [0.29, 0.717) is 66.9 Å². The number of likely N-dealkylation sites (tertiary alicyclic amines) is 1. The first-order valence-corrected chi connectivity index (χ1v) is 13.4. The van der Waals surface area contributed by atoms with E-state index in [4.69, 9.17) is 35.8 Å². The Balaban J connectivity index is 1.43. The molecule has 4 aromatic rings. The fraction of sp³-hybridized carbons (Fsp3) is 0.370. The quantitative estimate of drug-likeness (QED) is 0.325. The van der Waals surface area contributed by atoms with Crippen molar-refractivity contribution < 1.29 is 23.4 Å². The van der Waals surface area contributed by atoms with E-state index >= 15 is 0 Å². The van der Waals surface area contributed by atoms with Gasteiger partial charge in [0.05, 0.1) is 22.5 Å². The van der Waals surface area contributed by atoms with Crippen LogP contribution in [0.3, 0.4) is 0 Å². The molecule has 1 amide bonds. The molecule has 6 rings (SSSR count). The Labute approximate surface area is 239 Å². The summed E-state index contributed by atoms with van der Waals surface area (Å²) >= 11 is 6.33. The number of ether oxygens (including phenoxy) is 3. The number of aromatic nitrogens is 5. The first-order chi connectivity index (χ1) is 19.9. The van der Waals surface area contributed by atoms with Gasteiger partial charge in [-0.3, -0.25) is 14.8 Å². The zero-order chi connectivity index (χ0) is 28.7. The third kappa shape index (κ3) is 5.11. The summed E-state index contributed by atoms with van der Waals surface area (Å²) in [5, 5.41) is 7.65. The minimum absolute atomic E-state index is 0.0615. The van der Waals surface area contributed by atoms with Crippen LogP contribution in [0, 0.1) is 5.82 Å². The average molecular weight is 583 g/mol. The van der Waals surface area contributed by atoms with Crippen molar-refractivity contribution in [2.75, 3.05) is 58.3 Å². The number of benzene rings is 1. The molecule has 0 aliphatic carbocycles. The molecule has 41 heavy (non-hydrogen) atoms. The lowest BCUT2D eigenvalue weighted by Crippen LogP contribution is -2.48. The van der Waals surface area contributed by atoms with Crippen LogP contribution in [-0.2, 0) is 9.53 Å². The van der Waals surface area contributed by atoms with Crippen LogP contribution in [0.25, 0.3) is 21.8 Å². The molecule has 2 atom stereocenters. The van der Waals surface area contributed by atoms with Crippen molar-refractivity contribution in [1.29, 1.82) is 0 Å². The van der Waals surface area contributed by atoms with E-state index in [1.807, 2.05) is 7.05 Å². The van der Waals surface area contributed by atoms with Crippen LogP contribution < -0.4 is 14.4 Å². The number of nitrogens with zero attached hydrogens (tertiary/aromatic N) is 7. The van der Waals surface area contributed by atoms with Crippen LogP contribution in [0.4, 0.5) is 10.2 Å². The Bertz CT molecular complexity index is 1630. The first-order valence-electron chi connectivity index (χ1n) is 13.1. The fourth-order valence-electron chi connectivity index (χ4n) is 5.23. The van der Waals surface area contributed by atoms with E-state index in [1.165, 1.54) is 18.3 Å². The van der Waals surface area contributed by atoms with Gasteiger partial charge in [0.25, 0.3) is 0 Å². The molecule has 2 aliphatic rings. The van der Waals surface area contributed by atoms with Crippen molar-refractivity contribution in [2.45, 2.75) is 12.2 Å². The van der Waals surface area contributed by atoms with Gasteiger partial charge in [-0.25, -0.2) is 9.37 Å². The lowest BCUT2D eigenvalue weighted by Gasteiger charge is -2.35. The zero-order valence-corrected chi connectivity index (χ0v) is 23.3.